The number of rotatable bonds is 3. The second-order valence-corrected chi connectivity index (χ2v) is 11.1. The van der Waals surface area contributed by atoms with Gasteiger partial charge in [-0.2, -0.15) is 5.26 Å². The molecule has 8 rings (SSSR count). The summed E-state index contributed by atoms with van der Waals surface area (Å²) < 4.78 is 8.70. The van der Waals surface area contributed by atoms with Crippen molar-refractivity contribution in [3.63, 3.8) is 0 Å². The molecule has 0 aliphatic heterocycles. The Kier molecular flexibility index (Phi) is 5.10. The van der Waals surface area contributed by atoms with Crippen LogP contribution in [0.2, 0.25) is 0 Å². The van der Waals surface area contributed by atoms with E-state index in [0.717, 1.165) is 55.3 Å². The second-order valence-electron chi connectivity index (χ2n) is 10.0. The quantitative estimate of drug-likeness (QED) is 0.229. The van der Waals surface area contributed by atoms with Gasteiger partial charge in [-0.1, -0.05) is 78.9 Å². The van der Waals surface area contributed by atoms with Gasteiger partial charge in [-0.3, -0.25) is 0 Å². The molecular weight excluding hydrogens is 506 g/mol. The maximum absolute atomic E-state index is 9.71. The molecule has 186 valence electrons. The van der Waals surface area contributed by atoms with Gasteiger partial charge in [0.15, 0.2) is 0 Å². The van der Waals surface area contributed by atoms with Crippen LogP contribution in [0.3, 0.4) is 0 Å². The number of para-hydroxylation sites is 1. The molecule has 8 aromatic rings. The fourth-order valence-corrected chi connectivity index (χ4v) is 6.96. The Morgan fingerprint density at radius 2 is 1.18 bits per heavy atom. The Morgan fingerprint density at radius 3 is 2.02 bits per heavy atom. The molecule has 0 fully saturated rings. The van der Waals surface area contributed by atoms with E-state index in [9.17, 15) is 5.26 Å². The Bertz CT molecular complexity index is 2160. The largest absolute Gasteiger partial charge is 0.456 e. The highest BCUT2D eigenvalue weighted by molar-refractivity contribution is 7.25. The van der Waals surface area contributed by atoms with E-state index in [0.29, 0.717) is 5.56 Å². The zero-order valence-corrected chi connectivity index (χ0v) is 22.2. The third kappa shape index (κ3) is 3.55. The van der Waals surface area contributed by atoms with Crippen LogP contribution in [0, 0.1) is 11.3 Å². The van der Waals surface area contributed by atoms with E-state index in [1.807, 2.05) is 47.7 Å². The molecule has 0 saturated carbocycles. The number of hydrogen-bond donors (Lipinski definition) is 0. The first-order chi connectivity index (χ1) is 19.8. The van der Waals surface area contributed by atoms with Crippen LogP contribution in [-0.4, -0.2) is 0 Å². The minimum absolute atomic E-state index is 0.647. The summed E-state index contributed by atoms with van der Waals surface area (Å²) in [5, 5.41) is 14.5. The van der Waals surface area contributed by atoms with Gasteiger partial charge in [0, 0.05) is 30.9 Å². The minimum Gasteiger partial charge on any atom is -0.456 e. The Morgan fingerprint density at radius 1 is 0.500 bits per heavy atom. The molecule has 2 heterocycles. The van der Waals surface area contributed by atoms with E-state index >= 15 is 0 Å². The molecule has 0 unspecified atom stereocenters. The molecule has 3 heteroatoms. The Labute approximate surface area is 235 Å². The molecule has 0 atom stereocenters. The summed E-state index contributed by atoms with van der Waals surface area (Å²) in [4.78, 5) is 0. The molecule has 2 aromatic heterocycles. The van der Waals surface area contributed by atoms with E-state index in [1.54, 1.807) is 0 Å². The third-order valence-corrected chi connectivity index (χ3v) is 8.87. The van der Waals surface area contributed by atoms with Gasteiger partial charge in [-0.25, -0.2) is 0 Å². The average molecular weight is 528 g/mol. The summed E-state index contributed by atoms with van der Waals surface area (Å²) in [5.41, 5.74) is 9.09. The van der Waals surface area contributed by atoms with Gasteiger partial charge >= 0.3 is 0 Å². The zero-order valence-electron chi connectivity index (χ0n) is 21.4. The SMILES string of the molecule is N#Cc1cccc(-c2c(-c3ccc4oc5ccccc5c4c3)cccc2-c2ccc3sc4ccccc4c3c2)c1. The molecule has 0 aliphatic rings. The first kappa shape index (κ1) is 22.8. The van der Waals surface area contributed by atoms with E-state index in [1.165, 1.54) is 20.2 Å². The molecule has 0 radical (unpaired) electrons. The molecule has 0 amide bonds. The summed E-state index contributed by atoms with van der Waals surface area (Å²) >= 11 is 1.83. The van der Waals surface area contributed by atoms with Crippen LogP contribution in [0.5, 0.6) is 0 Å². The van der Waals surface area contributed by atoms with Gasteiger partial charge in [0.05, 0.1) is 11.6 Å². The second kappa shape index (κ2) is 8.95. The van der Waals surface area contributed by atoms with Gasteiger partial charge in [-0.05, 0) is 81.9 Å². The van der Waals surface area contributed by atoms with Crippen molar-refractivity contribution < 1.29 is 4.42 Å². The van der Waals surface area contributed by atoms with Crippen LogP contribution >= 0.6 is 11.3 Å². The number of benzene rings is 6. The van der Waals surface area contributed by atoms with E-state index in [-0.39, 0.29) is 0 Å². The lowest BCUT2D eigenvalue weighted by atomic mass is 9.86. The van der Waals surface area contributed by atoms with E-state index in [4.69, 9.17) is 4.42 Å². The molecule has 0 spiro atoms. The first-order valence-corrected chi connectivity index (χ1v) is 14.1. The van der Waals surface area contributed by atoms with Crippen molar-refractivity contribution in [1.29, 1.82) is 5.26 Å². The molecule has 0 aliphatic carbocycles. The van der Waals surface area contributed by atoms with Crippen molar-refractivity contribution in [2.24, 2.45) is 0 Å². The van der Waals surface area contributed by atoms with Gasteiger partial charge in [0.25, 0.3) is 0 Å². The number of fused-ring (bicyclic) bond motifs is 6. The smallest absolute Gasteiger partial charge is 0.135 e. The molecule has 2 nitrogen and oxygen atoms in total. The molecule has 40 heavy (non-hydrogen) atoms. The highest BCUT2D eigenvalue weighted by Crippen LogP contribution is 2.44. The number of hydrogen-bond acceptors (Lipinski definition) is 3. The maximum atomic E-state index is 9.71. The third-order valence-electron chi connectivity index (χ3n) is 7.72. The fourth-order valence-electron chi connectivity index (χ4n) is 5.88. The van der Waals surface area contributed by atoms with Crippen LogP contribution < -0.4 is 0 Å². The van der Waals surface area contributed by atoms with Crippen LogP contribution in [-0.2, 0) is 0 Å². The number of thiophene rings is 1. The van der Waals surface area contributed by atoms with Gasteiger partial charge in [0.2, 0.25) is 0 Å². The molecule has 0 saturated heterocycles. The first-order valence-electron chi connectivity index (χ1n) is 13.2. The van der Waals surface area contributed by atoms with Crippen LogP contribution in [0.4, 0.5) is 0 Å². The fraction of sp³-hybridized carbons (Fsp3) is 0. The monoisotopic (exact) mass is 527 g/mol. The molecule has 6 aromatic carbocycles. The lowest BCUT2D eigenvalue weighted by Gasteiger charge is -2.17. The van der Waals surface area contributed by atoms with Gasteiger partial charge in [-0.15, -0.1) is 11.3 Å². The van der Waals surface area contributed by atoms with Crippen LogP contribution in [0.25, 0.3) is 75.5 Å². The normalized spacial score (nSPS) is 11.5. The predicted molar refractivity (Wildman–Crippen MR) is 168 cm³/mol. The average Bonchev–Trinajstić information content (AvgIpc) is 3.58. The summed E-state index contributed by atoms with van der Waals surface area (Å²) in [6.07, 6.45) is 0. The number of nitriles is 1. The van der Waals surface area contributed by atoms with E-state index in [2.05, 4.69) is 97.1 Å². The van der Waals surface area contributed by atoms with Crippen molar-refractivity contribution >= 4 is 53.4 Å². The zero-order chi connectivity index (χ0) is 26.6. The Hall–Kier alpha value is -5.17. The molecular formula is C37H21NOS. The highest BCUT2D eigenvalue weighted by atomic mass is 32.1. The summed E-state index contributed by atoms with van der Waals surface area (Å²) in [6.45, 7) is 0. The number of furan rings is 1. The van der Waals surface area contributed by atoms with Crippen molar-refractivity contribution in [2.75, 3.05) is 0 Å². The lowest BCUT2D eigenvalue weighted by molar-refractivity contribution is 0.669. The Balaban J connectivity index is 1.41. The van der Waals surface area contributed by atoms with Crippen molar-refractivity contribution in [3.8, 4) is 39.4 Å². The number of nitrogens with zero attached hydrogens (tertiary/aromatic N) is 1. The summed E-state index contributed by atoms with van der Waals surface area (Å²) in [6, 6.07) is 46.7. The highest BCUT2D eigenvalue weighted by Gasteiger charge is 2.17. The van der Waals surface area contributed by atoms with Crippen molar-refractivity contribution in [1.82, 2.24) is 0 Å². The van der Waals surface area contributed by atoms with Crippen molar-refractivity contribution in [2.45, 2.75) is 0 Å². The predicted octanol–water partition coefficient (Wildman–Crippen LogP) is 10.8. The molecule has 0 bridgehead atoms. The standard InChI is InChI=1S/C37H21NOS/c38-22-23-7-5-8-26(19-23)37-27(24-15-17-34-31(20-24)29-9-1-3-13-33(29)39-34)11-6-12-28(37)25-16-18-36-32(21-25)30-10-2-4-14-35(30)40-36/h1-21H. The van der Waals surface area contributed by atoms with Gasteiger partial charge in [0.1, 0.15) is 11.2 Å². The summed E-state index contributed by atoms with van der Waals surface area (Å²) in [7, 11) is 0. The van der Waals surface area contributed by atoms with Gasteiger partial charge < -0.3 is 4.42 Å². The van der Waals surface area contributed by atoms with Crippen LogP contribution in [0.15, 0.2) is 132 Å². The molecule has 0 N–H and O–H groups in total. The minimum atomic E-state index is 0.647. The van der Waals surface area contributed by atoms with E-state index < -0.39 is 0 Å². The topological polar surface area (TPSA) is 36.9 Å². The van der Waals surface area contributed by atoms with Crippen LogP contribution in [0.1, 0.15) is 5.56 Å². The lowest BCUT2D eigenvalue weighted by Crippen LogP contribution is -1.91. The van der Waals surface area contributed by atoms with Crippen molar-refractivity contribution in [3.05, 3.63) is 133 Å². The summed E-state index contributed by atoms with van der Waals surface area (Å²) in [5.74, 6) is 0. The maximum Gasteiger partial charge on any atom is 0.135 e.